The van der Waals surface area contributed by atoms with Crippen molar-refractivity contribution in [1.29, 1.82) is 0 Å². The van der Waals surface area contributed by atoms with Crippen molar-refractivity contribution in [3.63, 3.8) is 0 Å². The zero-order chi connectivity index (χ0) is 23.9. The van der Waals surface area contributed by atoms with Gasteiger partial charge in [0.2, 0.25) is 0 Å². The number of thiocarbonyl (C=S) groups is 1. The Morgan fingerprint density at radius 1 is 1.06 bits per heavy atom. The summed E-state index contributed by atoms with van der Waals surface area (Å²) in [7, 11) is 0. The van der Waals surface area contributed by atoms with Crippen LogP contribution in [0, 0.1) is 0 Å². The predicted octanol–water partition coefficient (Wildman–Crippen LogP) is 4.49. The Morgan fingerprint density at radius 2 is 1.85 bits per heavy atom. The first kappa shape index (κ1) is 23.3. The minimum atomic E-state index is -0.472. The average Bonchev–Trinajstić information content (AvgIpc) is 2.84. The molecule has 8 heteroatoms. The van der Waals surface area contributed by atoms with Crippen LogP contribution in [0.1, 0.15) is 31.0 Å². The van der Waals surface area contributed by atoms with Crippen LogP contribution in [0.5, 0.6) is 11.5 Å². The van der Waals surface area contributed by atoms with Gasteiger partial charge in [0.05, 0.1) is 18.2 Å². The summed E-state index contributed by atoms with van der Waals surface area (Å²) < 4.78 is 11.9. The van der Waals surface area contributed by atoms with Gasteiger partial charge in [0.15, 0.2) is 16.6 Å². The van der Waals surface area contributed by atoms with E-state index in [-0.39, 0.29) is 5.91 Å². The van der Waals surface area contributed by atoms with Gasteiger partial charge in [-0.05, 0) is 61.5 Å². The first-order chi connectivity index (χ1) is 16.5. The van der Waals surface area contributed by atoms with Crippen LogP contribution in [0.3, 0.4) is 0 Å². The molecule has 0 aliphatic carbocycles. The molecular weight excluding hydrogens is 448 g/mol. The minimum absolute atomic E-state index is 0.272. The summed E-state index contributed by atoms with van der Waals surface area (Å²) in [6, 6.07) is 20.5. The number of nitrogens with zero attached hydrogens (tertiary/aromatic N) is 1. The van der Waals surface area contributed by atoms with Crippen LogP contribution in [0.4, 0.5) is 5.82 Å². The van der Waals surface area contributed by atoms with Crippen molar-refractivity contribution in [2.75, 3.05) is 11.9 Å². The van der Waals surface area contributed by atoms with Crippen molar-refractivity contribution in [2.24, 2.45) is 0 Å². The molecule has 2 aromatic carbocycles. The largest absolute Gasteiger partial charge is 0.490 e. The van der Waals surface area contributed by atoms with Crippen molar-refractivity contribution < 1.29 is 14.3 Å². The number of carbonyl (C=O) groups is 1. The summed E-state index contributed by atoms with van der Waals surface area (Å²) in [4.78, 5) is 17.4. The molecule has 0 fully saturated rings. The van der Waals surface area contributed by atoms with E-state index >= 15 is 0 Å². The molecule has 0 saturated heterocycles. The van der Waals surface area contributed by atoms with E-state index in [9.17, 15) is 4.79 Å². The third-order valence-corrected chi connectivity index (χ3v) is 5.48. The molecule has 1 aromatic heterocycles. The number of carbonyl (C=O) groups excluding carboxylic acids is 1. The molecule has 3 aromatic rings. The van der Waals surface area contributed by atoms with Gasteiger partial charge in [0.1, 0.15) is 12.4 Å². The number of rotatable bonds is 8. The number of aromatic nitrogens is 1. The smallest absolute Gasteiger partial charge is 0.256 e. The van der Waals surface area contributed by atoms with Gasteiger partial charge in [-0.3, -0.25) is 4.79 Å². The van der Waals surface area contributed by atoms with Gasteiger partial charge in [-0.25, -0.2) is 4.98 Å². The summed E-state index contributed by atoms with van der Waals surface area (Å²) in [6.45, 7) is 4.65. The van der Waals surface area contributed by atoms with Crippen LogP contribution in [0.2, 0.25) is 0 Å². The van der Waals surface area contributed by atoms with E-state index in [1.807, 2.05) is 68.4 Å². The average molecular weight is 475 g/mol. The monoisotopic (exact) mass is 474 g/mol. The maximum atomic E-state index is 13.2. The second-order valence-electron chi connectivity index (χ2n) is 7.65. The number of anilines is 1. The number of amides is 1. The molecule has 7 nitrogen and oxygen atoms in total. The highest BCUT2D eigenvalue weighted by atomic mass is 32.1. The van der Waals surface area contributed by atoms with Gasteiger partial charge in [-0.2, -0.15) is 0 Å². The Bertz CT molecular complexity index is 1200. The van der Waals surface area contributed by atoms with Crippen molar-refractivity contribution in [1.82, 2.24) is 15.6 Å². The van der Waals surface area contributed by atoms with Crippen LogP contribution in [0.15, 0.2) is 84.2 Å². The van der Waals surface area contributed by atoms with Crippen LogP contribution in [-0.2, 0) is 11.4 Å². The molecule has 174 valence electrons. The zero-order valence-electron chi connectivity index (χ0n) is 19.0. The highest BCUT2D eigenvalue weighted by molar-refractivity contribution is 7.80. The molecule has 0 spiro atoms. The molecule has 1 amide bonds. The summed E-state index contributed by atoms with van der Waals surface area (Å²) in [5.41, 5.74) is 3.07. The third-order valence-electron chi connectivity index (χ3n) is 5.26. The normalized spacial score (nSPS) is 15.2. The molecular formula is C26H26N4O3S. The Labute approximate surface area is 204 Å². The topological polar surface area (TPSA) is 84.5 Å². The van der Waals surface area contributed by atoms with Gasteiger partial charge in [-0.1, -0.05) is 42.5 Å². The third kappa shape index (κ3) is 5.52. The van der Waals surface area contributed by atoms with Gasteiger partial charge < -0.3 is 25.4 Å². The summed E-state index contributed by atoms with van der Waals surface area (Å²) in [5, 5.41) is 9.56. The van der Waals surface area contributed by atoms with Crippen LogP contribution in [-0.4, -0.2) is 22.6 Å². The lowest BCUT2D eigenvalue weighted by atomic mass is 9.94. The lowest BCUT2D eigenvalue weighted by molar-refractivity contribution is -0.113. The molecule has 1 atom stereocenters. The highest BCUT2D eigenvalue weighted by Gasteiger charge is 2.30. The first-order valence-electron chi connectivity index (χ1n) is 11.0. The fourth-order valence-electron chi connectivity index (χ4n) is 3.69. The van der Waals surface area contributed by atoms with Crippen molar-refractivity contribution in [3.05, 3.63) is 95.3 Å². The highest BCUT2D eigenvalue weighted by Crippen LogP contribution is 2.35. The summed E-state index contributed by atoms with van der Waals surface area (Å²) in [5.74, 6) is 1.43. The molecule has 34 heavy (non-hydrogen) atoms. The molecule has 3 N–H and O–H groups in total. The second-order valence-corrected chi connectivity index (χ2v) is 8.06. The maximum Gasteiger partial charge on any atom is 0.256 e. The molecule has 2 heterocycles. The van der Waals surface area contributed by atoms with E-state index < -0.39 is 6.04 Å². The lowest BCUT2D eigenvalue weighted by Gasteiger charge is -2.30. The zero-order valence-corrected chi connectivity index (χ0v) is 19.8. The number of benzene rings is 2. The second kappa shape index (κ2) is 10.8. The van der Waals surface area contributed by atoms with Crippen molar-refractivity contribution >= 4 is 29.1 Å². The SMILES string of the molecule is CCOc1cc(C2NC(=S)NC(C)=C2C(=O)Nc2ccccn2)ccc1OCc1ccccc1. The van der Waals surface area contributed by atoms with Crippen molar-refractivity contribution in [2.45, 2.75) is 26.5 Å². The van der Waals surface area contributed by atoms with E-state index in [4.69, 9.17) is 21.7 Å². The number of nitrogens with one attached hydrogen (secondary N) is 3. The summed E-state index contributed by atoms with van der Waals surface area (Å²) >= 11 is 5.38. The lowest BCUT2D eigenvalue weighted by Crippen LogP contribution is -2.45. The number of hydrogen-bond donors (Lipinski definition) is 3. The van der Waals surface area contributed by atoms with E-state index in [2.05, 4.69) is 20.9 Å². The Hall–Kier alpha value is -3.91. The van der Waals surface area contributed by atoms with Crippen LogP contribution >= 0.6 is 12.2 Å². The predicted molar refractivity (Wildman–Crippen MR) is 136 cm³/mol. The molecule has 1 aliphatic rings. The summed E-state index contributed by atoms with van der Waals surface area (Å²) in [6.07, 6.45) is 1.63. The van der Waals surface area contributed by atoms with Gasteiger partial charge >= 0.3 is 0 Å². The molecule has 4 rings (SSSR count). The first-order valence-corrected chi connectivity index (χ1v) is 11.4. The molecule has 1 unspecified atom stereocenters. The molecule has 1 aliphatic heterocycles. The molecule has 0 saturated carbocycles. The molecule has 0 radical (unpaired) electrons. The maximum absolute atomic E-state index is 13.2. The van der Waals surface area contributed by atoms with Gasteiger partial charge in [0.25, 0.3) is 5.91 Å². The van der Waals surface area contributed by atoms with E-state index in [0.717, 1.165) is 11.1 Å². The molecule has 0 bridgehead atoms. The van der Waals surface area contributed by atoms with E-state index in [0.29, 0.717) is 46.9 Å². The minimum Gasteiger partial charge on any atom is -0.490 e. The van der Waals surface area contributed by atoms with E-state index in [1.165, 1.54) is 0 Å². The number of ether oxygens (including phenoxy) is 2. The van der Waals surface area contributed by atoms with E-state index in [1.54, 1.807) is 18.3 Å². The number of pyridine rings is 1. The Morgan fingerprint density at radius 3 is 2.59 bits per heavy atom. The van der Waals surface area contributed by atoms with Gasteiger partial charge in [0, 0.05) is 11.9 Å². The fourth-order valence-corrected chi connectivity index (χ4v) is 3.96. The van der Waals surface area contributed by atoms with Crippen LogP contribution in [0.25, 0.3) is 0 Å². The van der Waals surface area contributed by atoms with Crippen LogP contribution < -0.4 is 25.4 Å². The van der Waals surface area contributed by atoms with Crippen molar-refractivity contribution in [3.8, 4) is 11.5 Å². The number of hydrogen-bond acceptors (Lipinski definition) is 5. The Balaban J connectivity index is 1.62. The fraction of sp³-hybridized carbons (Fsp3) is 0.192. The van der Waals surface area contributed by atoms with Gasteiger partial charge in [-0.15, -0.1) is 0 Å². The number of allylic oxidation sites excluding steroid dienone is 1. The quantitative estimate of drug-likeness (QED) is 0.415. The standard InChI is InChI=1S/C26H26N4O3S/c1-3-32-21-15-19(12-13-20(21)33-16-18-9-5-4-6-10-18)24-23(17(2)28-26(34)30-24)25(31)29-22-11-7-8-14-27-22/h4-15,24H,3,16H2,1-2H3,(H,27,29,31)(H2,28,30,34). The Kier molecular flexibility index (Phi) is 7.39.